The van der Waals surface area contributed by atoms with Gasteiger partial charge in [-0.2, -0.15) is 0 Å². The van der Waals surface area contributed by atoms with Gasteiger partial charge >= 0.3 is 0 Å². The van der Waals surface area contributed by atoms with Gasteiger partial charge < -0.3 is 4.90 Å². The van der Waals surface area contributed by atoms with Crippen molar-refractivity contribution in [3.05, 3.63) is 16.0 Å². The van der Waals surface area contributed by atoms with Gasteiger partial charge in [-0.15, -0.1) is 0 Å². The zero-order valence-corrected chi connectivity index (χ0v) is 10.4. The molecule has 0 spiro atoms. The third-order valence-electron chi connectivity index (χ3n) is 2.79. The summed E-state index contributed by atoms with van der Waals surface area (Å²) in [6.45, 7) is 0. The Morgan fingerprint density at radius 3 is 2.43 bits per heavy atom. The Kier molecular flexibility index (Phi) is 3.20. The van der Waals surface area contributed by atoms with Crippen molar-refractivity contribution in [1.82, 2.24) is 9.97 Å². The first-order valence-corrected chi connectivity index (χ1v) is 6.05. The number of hydrogen-bond acceptors (Lipinski definition) is 3. The van der Waals surface area contributed by atoms with Crippen LogP contribution < -0.4 is 4.90 Å². The average Bonchev–Trinajstić information content (AvgIpc) is 2.71. The molecule has 0 aromatic carbocycles. The van der Waals surface area contributed by atoms with Crippen LogP contribution in [-0.2, 0) is 0 Å². The van der Waals surface area contributed by atoms with Crippen molar-refractivity contribution in [2.75, 3.05) is 11.9 Å². The summed E-state index contributed by atoms with van der Waals surface area (Å²) < 4.78 is 1.09. The van der Waals surface area contributed by atoms with Crippen LogP contribution in [-0.4, -0.2) is 23.1 Å². The van der Waals surface area contributed by atoms with Crippen LogP contribution in [0, 0.1) is 3.57 Å². The van der Waals surface area contributed by atoms with Gasteiger partial charge in [0, 0.05) is 29.1 Å². The van der Waals surface area contributed by atoms with Crippen molar-refractivity contribution in [3.63, 3.8) is 0 Å². The molecule has 0 saturated heterocycles. The van der Waals surface area contributed by atoms with Crippen LogP contribution in [0.25, 0.3) is 0 Å². The molecule has 1 saturated carbocycles. The van der Waals surface area contributed by atoms with E-state index >= 15 is 0 Å². The highest BCUT2D eigenvalue weighted by atomic mass is 127. The number of halogens is 1. The first-order valence-electron chi connectivity index (χ1n) is 4.98. The van der Waals surface area contributed by atoms with E-state index in [1.54, 1.807) is 0 Å². The fourth-order valence-electron chi connectivity index (χ4n) is 1.94. The summed E-state index contributed by atoms with van der Waals surface area (Å²) in [7, 11) is 2.10. The second-order valence-electron chi connectivity index (χ2n) is 3.75. The van der Waals surface area contributed by atoms with Gasteiger partial charge in [-0.1, -0.05) is 12.8 Å². The summed E-state index contributed by atoms with van der Waals surface area (Å²) in [5.74, 6) is 0.859. The quantitative estimate of drug-likeness (QED) is 0.786. The minimum Gasteiger partial charge on any atom is -0.341 e. The second-order valence-corrected chi connectivity index (χ2v) is 5.00. The van der Waals surface area contributed by atoms with Crippen molar-refractivity contribution in [2.24, 2.45) is 0 Å². The summed E-state index contributed by atoms with van der Waals surface area (Å²) >= 11 is 2.22. The van der Waals surface area contributed by atoms with E-state index in [4.69, 9.17) is 0 Å². The molecule has 1 aromatic heterocycles. The lowest BCUT2D eigenvalue weighted by Crippen LogP contribution is -2.30. The minimum atomic E-state index is 0.648. The van der Waals surface area contributed by atoms with E-state index in [1.165, 1.54) is 25.7 Å². The van der Waals surface area contributed by atoms with Crippen LogP contribution in [0.3, 0.4) is 0 Å². The second kappa shape index (κ2) is 4.42. The topological polar surface area (TPSA) is 29.0 Å². The molecule has 1 fully saturated rings. The number of rotatable bonds is 2. The van der Waals surface area contributed by atoms with Gasteiger partial charge in [-0.3, -0.25) is 0 Å². The van der Waals surface area contributed by atoms with E-state index in [0.29, 0.717) is 6.04 Å². The predicted molar refractivity (Wildman–Crippen MR) is 65.4 cm³/mol. The number of aromatic nitrogens is 2. The average molecular weight is 303 g/mol. The molecule has 0 N–H and O–H groups in total. The molecule has 3 nitrogen and oxygen atoms in total. The van der Waals surface area contributed by atoms with Gasteiger partial charge in [0.1, 0.15) is 0 Å². The van der Waals surface area contributed by atoms with E-state index in [0.717, 1.165) is 9.52 Å². The van der Waals surface area contributed by atoms with Crippen molar-refractivity contribution in [3.8, 4) is 0 Å². The molecule has 14 heavy (non-hydrogen) atoms. The molecular formula is C10H14IN3. The predicted octanol–water partition coefficient (Wildman–Crippen LogP) is 2.46. The normalized spacial score (nSPS) is 17.3. The van der Waals surface area contributed by atoms with E-state index in [-0.39, 0.29) is 0 Å². The highest BCUT2D eigenvalue weighted by Crippen LogP contribution is 2.24. The molecule has 0 bridgehead atoms. The maximum Gasteiger partial charge on any atom is 0.225 e. The van der Waals surface area contributed by atoms with Gasteiger partial charge in [0.05, 0.1) is 0 Å². The van der Waals surface area contributed by atoms with Crippen LogP contribution in [0.15, 0.2) is 12.4 Å². The first-order chi connectivity index (χ1) is 6.77. The summed E-state index contributed by atoms with van der Waals surface area (Å²) in [6, 6.07) is 0.648. The summed E-state index contributed by atoms with van der Waals surface area (Å²) in [5, 5.41) is 0. The van der Waals surface area contributed by atoms with Crippen LogP contribution in [0.1, 0.15) is 25.7 Å². The number of hydrogen-bond donors (Lipinski definition) is 0. The SMILES string of the molecule is CN(c1ncc(I)cn1)C1CCCC1. The van der Waals surface area contributed by atoms with Crippen molar-refractivity contribution < 1.29 is 0 Å². The van der Waals surface area contributed by atoms with Gasteiger partial charge in [-0.05, 0) is 35.4 Å². The van der Waals surface area contributed by atoms with E-state index in [9.17, 15) is 0 Å². The number of nitrogens with zero attached hydrogens (tertiary/aromatic N) is 3. The van der Waals surface area contributed by atoms with Crippen LogP contribution >= 0.6 is 22.6 Å². The molecule has 1 aliphatic carbocycles. The van der Waals surface area contributed by atoms with Gasteiger partial charge in [0.15, 0.2) is 0 Å². The zero-order valence-electron chi connectivity index (χ0n) is 8.28. The van der Waals surface area contributed by atoms with Crippen molar-refractivity contribution >= 4 is 28.5 Å². The summed E-state index contributed by atoms with van der Waals surface area (Å²) in [4.78, 5) is 10.9. The van der Waals surface area contributed by atoms with E-state index < -0.39 is 0 Å². The molecule has 0 atom stereocenters. The third-order valence-corrected chi connectivity index (χ3v) is 3.35. The lowest BCUT2D eigenvalue weighted by molar-refractivity contribution is 0.638. The van der Waals surface area contributed by atoms with E-state index in [1.807, 2.05) is 12.4 Å². The monoisotopic (exact) mass is 303 g/mol. The summed E-state index contributed by atoms with van der Waals surface area (Å²) in [5.41, 5.74) is 0. The molecule has 1 aliphatic rings. The zero-order chi connectivity index (χ0) is 9.97. The fourth-order valence-corrected chi connectivity index (χ4v) is 2.22. The lowest BCUT2D eigenvalue weighted by Gasteiger charge is -2.23. The Hall–Kier alpha value is -0.390. The van der Waals surface area contributed by atoms with Gasteiger partial charge in [0.25, 0.3) is 0 Å². The Labute approximate surface area is 98.1 Å². The Balaban J connectivity index is 2.09. The Bertz CT molecular complexity index is 293. The van der Waals surface area contributed by atoms with Crippen LogP contribution in [0.5, 0.6) is 0 Å². The molecule has 0 amide bonds. The molecule has 0 radical (unpaired) electrons. The summed E-state index contributed by atoms with van der Waals surface area (Å²) in [6.07, 6.45) is 9.00. The molecule has 0 aliphatic heterocycles. The molecule has 0 unspecified atom stereocenters. The molecule has 76 valence electrons. The highest BCUT2D eigenvalue weighted by molar-refractivity contribution is 14.1. The Morgan fingerprint density at radius 1 is 1.29 bits per heavy atom. The largest absolute Gasteiger partial charge is 0.341 e. The number of anilines is 1. The molecular weight excluding hydrogens is 289 g/mol. The highest BCUT2D eigenvalue weighted by Gasteiger charge is 2.20. The third kappa shape index (κ3) is 2.16. The molecule has 2 rings (SSSR count). The van der Waals surface area contributed by atoms with Crippen molar-refractivity contribution in [2.45, 2.75) is 31.7 Å². The fraction of sp³-hybridized carbons (Fsp3) is 0.600. The van der Waals surface area contributed by atoms with E-state index in [2.05, 4.69) is 44.5 Å². The molecule has 4 heteroatoms. The van der Waals surface area contributed by atoms with Crippen molar-refractivity contribution in [1.29, 1.82) is 0 Å². The van der Waals surface area contributed by atoms with Crippen LogP contribution in [0.2, 0.25) is 0 Å². The van der Waals surface area contributed by atoms with Crippen LogP contribution in [0.4, 0.5) is 5.95 Å². The van der Waals surface area contributed by atoms with Gasteiger partial charge in [-0.25, -0.2) is 9.97 Å². The molecule has 1 heterocycles. The van der Waals surface area contributed by atoms with Gasteiger partial charge in [0.2, 0.25) is 5.95 Å². The lowest BCUT2D eigenvalue weighted by atomic mass is 10.2. The standard InChI is InChI=1S/C10H14IN3/c1-14(9-4-2-3-5-9)10-12-6-8(11)7-13-10/h6-7,9H,2-5H2,1H3. The maximum absolute atomic E-state index is 4.33. The maximum atomic E-state index is 4.33. The molecule has 1 aromatic rings. The first kappa shape index (κ1) is 10.1. The smallest absolute Gasteiger partial charge is 0.225 e. The minimum absolute atomic E-state index is 0.648. The Morgan fingerprint density at radius 2 is 1.86 bits per heavy atom.